The van der Waals surface area contributed by atoms with Gasteiger partial charge in [-0.25, -0.2) is 17.9 Å². The molecule has 2 unspecified atom stereocenters. The van der Waals surface area contributed by atoms with Gasteiger partial charge in [0.15, 0.2) is 0 Å². The summed E-state index contributed by atoms with van der Waals surface area (Å²) in [5, 5.41) is 4.97. The summed E-state index contributed by atoms with van der Waals surface area (Å²) < 4.78 is 36.3. The molecule has 0 aliphatic carbocycles. The zero-order valence-corrected chi connectivity index (χ0v) is 11.5. The summed E-state index contributed by atoms with van der Waals surface area (Å²) in [6.45, 7) is 3.33. The maximum absolute atomic E-state index is 14.0. The first-order chi connectivity index (χ1) is 8.77. The molecule has 0 spiro atoms. The van der Waals surface area contributed by atoms with Crippen LogP contribution >= 0.6 is 0 Å². The van der Waals surface area contributed by atoms with Gasteiger partial charge in [0.05, 0.1) is 10.6 Å². The van der Waals surface area contributed by atoms with E-state index in [1.807, 2.05) is 4.90 Å². The number of hydrogen-bond acceptors (Lipinski definition) is 4. The molecule has 2 rings (SSSR count). The van der Waals surface area contributed by atoms with Gasteiger partial charge in [-0.15, -0.1) is 0 Å². The fraction of sp³-hybridized carbons (Fsp3) is 0.500. The highest BCUT2D eigenvalue weighted by Crippen LogP contribution is 2.26. The molecular formula is C12H18FN3O2S. The molecule has 0 amide bonds. The average molecular weight is 287 g/mol. The van der Waals surface area contributed by atoms with E-state index in [0.29, 0.717) is 24.7 Å². The molecule has 106 valence electrons. The van der Waals surface area contributed by atoms with Gasteiger partial charge in [0.1, 0.15) is 5.82 Å². The Kier molecular flexibility index (Phi) is 3.80. The summed E-state index contributed by atoms with van der Waals surface area (Å²) in [6.07, 6.45) is 0.910. The second-order valence-electron chi connectivity index (χ2n) is 5.16. The Morgan fingerprint density at radius 3 is 2.58 bits per heavy atom. The highest BCUT2D eigenvalue weighted by molar-refractivity contribution is 7.89. The van der Waals surface area contributed by atoms with Gasteiger partial charge < -0.3 is 10.6 Å². The van der Waals surface area contributed by atoms with Crippen LogP contribution in [0.1, 0.15) is 13.3 Å². The van der Waals surface area contributed by atoms with Crippen LogP contribution in [0.15, 0.2) is 23.1 Å². The first kappa shape index (κ1) is 14.2. The van der Waals surface area contributed by atoms with Gasteiger partial charge in [-0.05, 0) is 30.5 Å². The van der Waals surface area contributed by atoms with Crippen LogP contribution in [0.4, 0.5) is 10.1 Å². The molecule has 2 atom stereocenters. The topological polar surface area (TPSA) is 89.4 Å². The minimum Gasteiger partial charge on any atom is -0.367 e. The second kappa shape index (κ2) is 5.07. The number of sulfonamides is 1. The Labute approximate surface area is 112 Å². The maximum atomic E-state index is 14.0. The minimum atomic E-state index is -3.88. The number of rotatable bonds is 2. The lowest BCUT2D eigenvalue weighted by molar-refractivity contribution is 0.398. The van der Waals surface area contributed by atoms with Crippen molar-refractivity contribution in [3.05, 3.63) is 24.0 Å². The van der Waals surface area contributed by atoms with E-state index in [0.717, 1.165) is 12.5 Å². The number of anilines is 1. The molecular weight excluding hydrogens is 269 g/mol. The van der Waals surface area contributed by atoms with Crippen molar-refractivity contribution < 1.29 is 12.8 Å². The third-order valence-corrected chi connectivity index (χ3v) is 4.19. The van der Waals surface area contributed by atoms with Crippen LogP contribution in [-0.4, -0.2) is 27.5 Å². The summed E-state index contributed by atoms with van der Waals surface area (Å²) in [7, 11) is -3.88. The van der Waals surface area contributed by atoms with Crippen molar-refractivity contribution in [2.45, 2.75) is 24.3 Å². The van der Waals surface area contributed by atoms with Gasteiger partial charge in [0.25, 0.3) is 0 Å². The lowest BCUT2D eigenvalue weighted by Crippen LogP contribution is -2.46. The molecule has 4 N–H and O–H groups in total. The Hall–Kier alpha value is -1.18. The zero-order chi connectivity index (χ0) is 14.2. The van der Waals surface area contributed by atoms with Crippen LogP contribution in [0, 0.1) is 11.7 Å². The average Bonchev–Trinajstić information content (AvgIpc) is 2.26. The SMILES string of the molecule is CC1CC(N)CN(c2ccc(S(N)(=O)=O)cc2F)C1. The van der Waals surface area contributed by atoms with Crippen LogP contribution in [-0.2, 0) is 10.0 Å². The van der Waals surface area contributed by atoms with Gasteiger partial charge in [-0.1, -0.05) is 6.92 Å². The molecule has 0 radical (unpaired) electrons. The normalized spacial score (nSPS) is 24.5. The molecule has 0 bridgehead atoms. The van der Waals surface area contributed by atoms with Crippen LogP contribution in [0.3, 0.4) is 0 Å². The predicted molar refractivity (Wildman–Crippen MR) is 71.7 cm³/mol. The van der Waals surface area contributed by atoms with Crippen molar-refractivity contribution in [3.63, 3.8) is 0 Å². The van der Waals surface area contributed by atoms with Crippen LogP contribution in [0.25, 0.3) is 0 Å². The summed E-state index contributed by atoms with van der Waals surface area (Å²) >= 11 is 0. The van der Waals surface area contributed by atoms with E-state index in [4.69, 9.17) is 10.9 Å². The molecule has 1 aromatic carbocycles. The second-order valence-corrected chi connectivity index (χ2v) is 6.73. The lowest BCUT2D eigenvalue weighted by atomic mass is 9.96. The van der Waals surface area contributed by atoms with Gasteiger partial charge >= 0.3 is 0 Å². The summed E-state index contributed by atoms with van der Waals surface area (Å²) in [5.74, 6) is -0.214. The summed E-state index contributed by atoms with van der Waals surface area (Å²) in [6, 6.07) is 3.72. The van der Waals surface area contributed by atoms with Crippen molar-refractivity contribution in [3.8, 4) is 0 Å². The van der Waals surface area contributed by atoms with E-state index in [1.165, 1.54) is 12.1 Å². The Bertz CT molecular complexity index is 566. The first-order valence-corrected chi connectivity index (χ1v) is 7.65. The van der Waals surface area contributed by atoms with Crippen LogP contribution in [0.5, 0.6) is 0 Å². The Balaban J connectivity index is 2.31. The highest BCUT2D eigenvalue weighted by atomic mass is 32.2. The number of primary sulfonamides is 1. The molecule has 5 nitrogen and oxygen atoms in total. The van der Waals surface area contributed by atoms with Crippen molar-refractivity contribution >= 4 is 15.7 Å². The Morgan fingerprint density at radius 1 is 1.37 bits per heavy atom. The van der Waals surface area contributed by atoms with E-state index in [-0.39, 0.29) is 10.9 Å². The predicted octanol–water partition coefficient (Wildman–Crippen LogP) is 0.647. The number of hydrogen-bond donors (Lipinski definition) is 2. The molecule has 1 heterocycles. The molecule has 7 heteroatoms. The molecule has 0 saturated carbocycles. The first-order valence-electron chi connectivity index (χ1n) is 6.10. The van der Waals surface area contributed by atoms with Crippen molar-refractivity contribution in [1.29, 1.82) is 0 Å². The molecule has 19 heavy (non-hydrogen) atoms. The molecule has 0 aromatic heterocycles. The smallest absolute Gasteiger partial charge is 0.238 e. The maximum Gasteiger partial charge on any atom is 0.238 e. The third-order valence-electron chi connectivity index (χ3n) is 3.28. The zero-order valence-electron chi connectivity index (χ0n) is 10.7. The number of halogens is 1. The van der Waals surface area contributed by atoms with Gasteiger partial charge in [-0.3, -0.25) is 0 Å². The van der Waals surface area contributed by atoms with Crippen LogP contribution < -0.4 is 15.8 Å². The van der Waals surface area contributed by atoms with Crippen molar-refractivity contribution in [1.82, 2.24) is 0 Å². The van der Waals surface area contributed by atoms with Crippen molar-refractivity contribution in [2.24, 2.45) is 16.8 Å². The van der Waals surface area contributed by atoms with E-state index in [2.05, 4.69) is 6.92 Å². The highest BCUT2D eigenvalue weighted by Gasteiger charge is 2.24. The van der Waals surface area contributed by atoms with Crippen molar-refractivity contribution in [2.75, 3.05) is 18.0 Å². The van der Waals surface area contributed by atoms with E-state index < -0.39 is 15.8 Å². The lowest BCUT2D eigenvalue weighted by Gasteiger charge is -2.36. The number of piperidine rings is 1. The third kappa shape index (κ3) is 3.23. The number of benzene rings is 1. The summed E-state index contributed by atoms with van der Waals surface area (Å²) in [5.41, 5.74) is 6.29. The van der Waals surface area contributed by atoms with Crippen LogP contribution in [0.2, 0.25) is 0 Å². The van der Waals surface area contributed by atoms with Gasteiger partial charge in [0, 0.05) is 19.1 Å². The molecule has 1 fully saturated rings. The standard InChI is InChI=1S/C12H18FN3O2S/c1-8-4-9(14)7-16(6-8)12-3-2-10(5-11(12)13)19(15,17)18/h2-3,5,8-9H,4,6-7,14H2,1H3,(H2,15,17,18). The quantitative estimate of drug-likeness (QED) is 0.835. The molecule has 1 aliphatic rings. The largest absolute Gasteiger partial charge is 0.367 e. The monoisotopic (exact) mass is 287 g/mol. The summed E-state index contributed by atoms with van der Waals surface area (Å²) in [4.78, 5) is 1.63. The molecule has 1 aromatic rings. The number of nitrogens with two attached hydrogens (primary N) is 2. The van der Waals surface area contributed by atoms with Gasteiger partial charge in [0.2, 0.25) is 10.0 Å². The number of nitrogens with zero attached hydrogens (tertiary/aromatic N) is 1. The minimum absolute atomic E-state index is 0.000989. The fourth-order valence-electron chi connectivity index (χ4n) is 2.52. The fourth-order valence-corrected chi connectivity index (χ4v) is 3.04. The Morgan fingerprint density at radius 2 is 2.05 bits per heavy atom. The van der Waals surface area contributed by atoms with E-state index in [1.54, 1.807) is 0 Å². The van der Waals surface area contributed by atoms with E-state index in [9.17, 15) is 12.8 Å². The molecule has 1 aliphatic heterocycles. The molecule has 1 saturated heterocycles. The van der Waals surface area contributed by atoms with Gasteiger partial charge in [-0.2, -0.15) is 0 Å². The van der Waals surface area contributed by atoms with E-state index >= 15 is 0 Å².